The zero-order valence-corrected chi connectivity index (χ0v) is 15.3. The number of hydrogen-bond acceptors (Lipinski definition) is 4. The normalized spacial score (nSPS) is 41.0. The third-order valence-electron chi connectivity index (χ3n) is 7.49. The van der Waals surface area contributed by atoms with E-state index in [4.69, 9.17) is 4.18 Å². The Balaban J connectivity index is 1.53. The molecule has 0 amide bonds. The molecule has 0 bridgehead atoms. The first-order valence-electron chi connectivity index (χ1n) is 9.40. The molecule has 25 heavy (non-hydrogen) atoms. The van der Waals surface area contributed by atoms with Crippen LogP contribution in [0.3, 0.4) is 0 Å². The summed E-state index contributed by atoms with van der Waals surface area (Å²) in [6, 6.07) is 4.13. The van der Waals surface area contributed by atoms with E-state index < -0.39 is 10.3 Å². The highest BCUT2D eigenvalue weighted by molar-refractivity contribution is 7.85. The molecular weight excluding hydrogens is 338 g/mol. The minimum atomic E-state index is -3.65. The van der Waals surface area contributed by atoms with E-state index >= 15 is 0 Å². The van der Waals surface area contributed by atoms with Gasteiger partial charge in [-0.2, -0.15) is 13.1 Å². The predicted molar refractivity (Wildman–Crippen MR) is 93.5 cm³/mol. The fraction of sp³-hybridized carbons (Fsp3) is 0.684. The van der Waals surface area contributed by atoms with Gasteiger partial charge in [-0.3, -0.25) is 0 Å². The van der Waals surface area contributed by atoms with Gasteiger partial charge in [0.15, 0.2) is 0 Å². The second kappa shape index (κ2) is 5.21. The average Bonchev–Trinajstić information content (AvgIpc) is 2.87. The van der Waals surface area contributed by atoms with Crippen molar-refractivity contribution in [2.75, 3.05) is 0 Å². The molecule has 0 unspecified atom stereocenters. The molecule has 2 saturated carbocycles. The number of aliphatic hydroxyl groups is 1. The summed E-state index contributed by atoms with van der Waals surface area (Å²) >= 11 is 0. The number of hydrogen-bond donors (Lipinski definition) is 2. The summed E-state index contributed by atoms with van der Waals surface area (Å²) in [5.41, 5.74) is 3.67. The van der Waals surface area contributed by atoms with Crippen molar-refractivity contribution in [3.63, 3.8) is 0 Å². The van der Waals surface area contributed by atoms with Crippen LogP contribution in [0.25, 0.3) is 0 Å². The van der Waals surface area contributed by atoms with Crippen molar-refractivity contribution in [1.82, 2.24) is 4.72 Å². The van der Waals surface area contributed by atoms with Crippen LogP contribution in [-0.2, 0) is 23.3 Å². The molecule has 1 aromatic carbocycles. The fourth-order valence-electron chi connectivity index (χ4n) is 6.15. The molecule has 3 aliphatic carbocycles. The Labute approximate surface area is 149 Å². The van der Waals surface area contributed by atoms with Crippen molar-refractivity contribution in [3.05, 3.63) is 28.8 Å². The zero-order valence-electron chi connectivity index (χ0n) is 14.5. The zero-order chi connectivity index (χ0) is 17.4. The predicted octanol–water partition coefficient (Wildman–Crippen LogP) is 2.63. The van der Waals surface area contributed by atoms with Crippen LogP contribution in [0.15, 0.2) is 12.1 Å². The van der Waals surface area contributed by atoms with E-state index in [1.165, 1.54) is 11.1 Å². The maximum Gasteiger partial charge on any atom is 0.382 e. The largest absolute Gasteiger partial charge is 0.393 e. The van der Waals surface area contributed by atoms with E-state index in [2.05, 4.69) is 17.7 Å². The minimum absolute atomic E-state index is 0.0889. The molecule has 2 N–H and O–H groups in total. The monoisotopic (exact) mass is 363 g/mol. The SMILES string of the molecule is C[C@]12CC[C@@H]3c4cc5c(cc4CC[C@H]3[C@@H]1CC[C@@H]2O)OS(=O)(=O)NC5. The summed E-state index contributed by atoms with van der Waals surface area (Å²) < 4.78 is 30.9. The lowest BCUT2D eigenvalue weighted by molar-refractivity contribution is -0.0226. The van der Waals surface area contributed by atoms with E-state index in [-0.39, 0.29) is 11.5 Å². The Morgan fingerprint density at radius 2 is 2.04 bits per heavy atom. The van der Waals surface area contributed by atoms with Crippen LogP contribution in [0, 0.1) is 17.3 Å². The Kier molecular flexibility index (Phi) is 3.35. The fourth-order valence-corrected chi connectivity index (χ4v) is 6.93. The minimum Gasteiger partial charge on any atom is -0.393 e. The smallest absolute Gasteiger partial charge is 0.382 e. The first-order valence-corrected chi connectivity index (χ1v) is 10.8. The van der Waals surface area contributed by atoms with Crippen LogP contribution in [-0.4, -0.2) is 19.6 Å². The van der Waals surface area contributed by atoms with E-state index in [1.54, 1.807) is 0 Å². The molecule has 4 aliphatic rings. The van der Waals surface area contributed by atoms with Gasteiger partial charge in [-0.05, 0) is 78.9 Å². The summed E-state index contributed by atoms with van der Waals surface area (Å²) in [7, 11) is -3.65. The van der Waals surface area contributed by atoms with Gasteiger partial charge in [-0.1, -0.05) is 13.0 Å². The average molecular weight is 363 g/mol. The summed E-state index contributed by atoms with van der Waals surface area (Å²) in [5.74, 6) is 2.28. The lowest BCUT2D eigenvalue weighted by atomic mass is 9.55. The van der Waals surface area contributed by atoms with Gasteiger partial charge in [0.25, 0.3) is 0 Å². The van der Waals surface area contributed by atoms with Crippen LogP contribution in [0.2, 0.25) is 0 Å². The molecule has 5 nitrogen and oxygen atoms in total. The second-order valence-electron chi connectivity index (χ2n) is 8.57. The summed E-state index contributed by atoms with van der Waals surface area (Å²) in [6.45, 7) is 2.60. The number of rotatable bonds is 0. The van der Waals surface area contributed by atoms with Gasteiger partial charge in [0.2, 0.25) is 0 Å². The second-order valence-corrected chi connectivity index (χ2v) is 9.93. The van der Waals surface area contributed by atoms with Crippen molar-refractivity contribution in [1.29, 1.82) is 0 Å². The Hall–Kier alpha value is -1.11. The van der Waals surface area contributed by atoms with Crippen molar-refractivity contribution >= 4 is 10.3 Å². The van der Waals surface area contributed by atoms with E-state index in [0.29, 0.717) is 30.0 Å². The topological polar surface area (TPSA) is 75.6 Å². The van der Waals surface area contributed by atoms with Gasteiger partial charge in [0, 0.05) is 12.1 Å². The standard InChI is InChI=1S/C19H25NO4S/c1-19-7-6-13-14(16(19)4-5-18(19)21)3-2-11-9-17-12(8-15(11)13)10-20-25(22,23)24-17/h8-9,13-14,16,18,20-21H,2-7,10H2,1H3/t13-,14+,16-,18-,19-/m0/s1. The maximum absolute atomic E-state index is 11.6. The highest BCUT2D eigenvalue weighted by Gasteiger charge is 2.54. The van der Waals surface area contributed by atoms with E-state index in [9.17, 15) is 13.5 Å². The van der Waals surface area contributed by atoms with Gasteiger partial charge in [-0.25, -0.2) is 0 Å². The van der Waals surface area contributed by atoms with Crippen molar-refractivity contribution in [2.45, 2.75) is 64.0 Å². The molecule has 1 aromatic rings. The highest BCUT2D eigenvalue weighted by atomic mass is 32.2. The number of aryl methyl sites for hydroxylation is 1. The molecule has 2 fully saturated rings. The molecular formula is C19H25NO4S. The van der Waals surface area contributed by atoms with Gasteiger partial charge in [0.05, 0.1) is 6.10 Å². The third-order valence-corrected chi connectivity index (χ3v) is 8.39. The molecule has 1 heterocycles. The maximum atomic E-state index is 11.6. The molecule has 0 spiro atoms. The molecule has 0 aromatic heterocycles. The van der Waals surface area contributed by atoms with E-state index in [1.807, 2.05) is 6.07 Å². The van der Waals surface area contributed by atoms with Crippen LogP contribution in [0.1, 0.15) is 61.6 Å². The Morgan fingerprint density at radius 1 is 1.20 bits per heavy atom. The first kappa shape index (κ1) is 16.1. The summed E-state index contributed by atoms with van der Waals surface area (Å²) in [6.07, 6.45) is 6.25. The van der Waals surface area contributed by atoms with Crippen LogP contribution >= 0.6 is 0 Å². The lowest BCUT2D eigenvalue weighted by Crippen LogP contribution is -2.44. The number of nitrogens with one attached hydrogen (secondary N) is 1. The number of benzene rings is 1. The summed E-state index contributed by atoms with van der Waals surface area (Å²) in [5, 5.41) is 10.5. The molecule has 0 radical (unpaired) electrons. The molecule has 0 saturated heterocycles. The Morgan fingerprint density at radius 3 is 2.88 bits per heavy atom. The van der Waals surface area contributed by atoms with Crippen molar-refractivity contribution in [3.8, 4) is 5.75 Å². The molecule has 136 valence electrons. The quantitative estimate of drug-likeness (QED) is 0.743. The first-order chi connectivity index (χ1) is 11.9. The lowest BCUT2D eigenvalue weighted by Gasteiger charge is -2.50. The van der Waals surface area contributed by atoms with Gasteiger partial charge in [0.1, 0.15) is 5.75 Å². The third kappa shape index (κ3) is 2.30. The van der Waals surface area contributed by atoms with Gasteiger partial charge in [-0.15, -0.1) is 0 Å². The number of aliphatic hydroxyl groups excluding tert-OH is 1. The highest BCUT2D eigenvalue weighted by Crippen LogP contribution is 2.61. The van der Waals surface area contributed by atoms with Gasteiger partial charge >= 0.3 is 10.3 Å². The molecule has 6 heteroatoms. The molecule has 5 rings (SSSR count). The van der Waals surface area contributed by atoms with Crippen molar-refractivity contribution < 1.29 is 17.7 Å². The molecule has 1 aliphatic heterocycles. The molecule has 5 atom stereocenters. The van der Waals surface area contributed by atoms with Crippen LogP contribution in [0.5, 0.6) is 5.75 Å². The number of fused-ring (bicyclic) bond motifs is 6. The van der Waals surface area contributed by atoms with Gasteiger partial charge < -0.3 is 9.29 Å². The Bertz CT molecular complexity index is 836. The summed E-state index contributed by atoms with van der Waals surface area (Å²) in [4.78, 5) is 0. The van der Waals surface area contributed by atoms with Crippen molar-refractivity contribution in [2.24, 2.45) is 17.3 Å². The van der Waals surface area contributed by atoms with Crippen LogP contribution < -0.4 is 8.91 Å². The van der Waals surface area contributed by atoms with Crippen LogP contribution in [0.4, 0.5) is 0 Å². The van der Waals surface area contributed by atoms with E-state index in [0.717, 1.165) is 44.1 Å².